The molecule has 1 fully saturated rings. The van der Waals surface area contributed by atoms with E-state index < -0.39 is 10.0 Å². The number of hydrogen-bond acceptors (Lipinski definition) is 3. The van der Waals surface area contributed by atoms with Crippen LogP contribution in [0.1, 0.15) is 61.6 Å². The third kappa shape index (κ3) is 6.52. The van der Waals surface area contributed by atoms with Gasteiger partial charge >= 0.3 is 0 Å². The van der Waals surface area contributed by atoms with Gasteiger partial charge in [0.05, 0.1) is 11.9 Å². The molecule has 1 aromatic rings. The topological polar surface area (TPSA) is 66.5 Å². The summed E-state index contributed by atoms with van der Waals surface area (Å²) in [6.45, 7) is 6.95. The SMILES string of the molecule is Cc1cc(C)c(N(CCCC(=O)NCC2CCCCC2)S(C)(=O)=O)c(C)c1. The first-order valence-electron chi connectivity index (χ1n) is 10.0. The zero-order valence-corrected chi connectivity index (χ0v) is 18.0. The Morgan fingerprint density at radius 1 is 1.11 bits per heavy atom. The van der Waals surface area contributed by atoms with E-state index in [2.05, 4.69) is 5.32 Å². The van der Waals surface area contributed by atoms with Crippen molar-refractivity contribution in [2.24, 2.45) is 5.92 Å². The van der Waals surface area contributed by atoms with Crippen LogP contribution in [0.25, 0.3) is 0 Å². The number of carbonyl (C=O) groups excluding carboxylic acids is 1. The van der Waals surface area contributed by atoms with E-state index in [4.69, 9.17) is 0 Å². The highest BCUT2D eigenvalue weighted by atomic mass is 32.2. The fourth-order valence-electron chi connectivity index (χ4n) is 4.13. The van der Waals surface area contributed by atoms with E-state index >= 15 is 0 Å². The quantitative estimate of drug-likeness (QED) is 0.728. The maximum Gasteiger partial charge on any atom is 0.232 e. The van der Waals surface area contributed by atoms with Crippen molar-refractivity contribution in [3.05, 3.63) is 28.8 Å². The molecule has 1 aromatic carbocycles. The van der Waals surface area contributed by atoms with Gasteiger partial charge in [0.25, 0.3) is 0 Å². The van der Waals surface area contributed by atoms with Crippen molar-refractivity contribution < 1.29 is 13.2 Å². The van der Waals surface area contributed by atoms with E-state index in [1.54, 1.807) is 0 Å². The average Bonchev–Trinajstić information content (AvgIpc) is 2.58. The Balaban J connectivity index is 1.93. The van der Waals surface area contributed by atoms with Crippen molar-refractivity contribution in [2.45, 2.75) is 65.7 Å². The molecule has 0 unspecified atom stereocenters. The monoisotopic (exact) mass is 394 g/mol. The molecule has 5 nitrogen and oxygen atoms in total. The normalized spacial score (nSPS) is 15.6. The summed E-state index contributed by atoms with van der Waals surface area (Å²) in [5.74, 6) is 0.624. The number of anilines is 1. The molecule has 1 aliphatic carbocycles. The number of benzene rings is 1. The second kappa shape index (κ2) is 9.58. The lowest BCUT2D eigenvalue weighted by Gasteiger charge is -2.26. The third-order valence-corrected chi connectivity index (χ3v) is 6.53. The molecular formula is C21H34N2O3S. The summed E-state index contributed by atoms with van der Waals surface area (Å²) in [5.41, 5.74) is 3.74. The van der Waals surface area contributed by atoms with Gasteiger partial charge in [0, 0.05) is 19.5 Å². The van der Waals surface area contributed by atoms with Gasteiger partial charge in [0.1, 0.15) is 0 Å². The number of rotatable bonds is 8. The number of nitrogens with zero attached hydrogens (tertiary/aromatic N) is 1. The first-order valence-corrected chi connectivity index (χ1v) is 11.9. The number of aryl methyl sites for hydroxylation is 3. The molecule has 0 atom stereocenters. The van der Waals surface area contributed by atoms with Crippen LogP contribution in [0.15, 0.2) is 12.1 Å². The van der Waals surface area contributed by atoms with Crippen molar-refractivity contribution >= 4 is 21.6 Å². The van der Waals surface area contributed by atoms with E-state index in [1.165, 1.54) is 42.7 Å². The van der Waals surface area contributed by atoms with Gasteiger partial charge in [-0.05, 0) is 57.1 Å². The van der Waals surface area contributed by atoms with Crippen LogP contribution < -0.4 is 9.62 Å². The predicted octanol–water partition coefficient (Wildman–Crippen LogP) is 3.85. The van der Waals surface area contributed by atoms with Crippen LogP contribution in [-0.2, 0) is 14.8 Å². The van der Waals surface area contributed by atoms with Gasteiger partial charge in [0.15, 0.2) is 0 Å². The first-order chi connectivity index (χ1) is 12.7. The zero-order chi connectivity index (χ0) is 20.0. The van der Waals surface area contributed by atoms with Crippen LogP contribution in [0.2, 0.25) is 0 Å². The molecule has 0 radical (unpaired) electrons. The Kier molecular flexibility index (Phi) is 7.71. The summed E-state index contributed by atoms with van der Waals surface area (Å²) in [6.07, 6.45) is 8.33. The molecule has 152 valence electrons. The highest BCUT2D eigenvalue weighted by Crippen LogP contribution is 2.28. The third-order valence-electron chi connectivity index (χ3n) is 5.36. The van der Waals surface area contributed by atoms with Crippen molar-refractivity contribution in [2.75, 3.05) is 23.7 Å². The van der Waals surface area contributed by atoms with E-state index in [0.717, 1.165) is 28.9 Å². The van der Waals surface area contributed by atoms with Crippen molar-refractivity contribution in [1.29, 1.82) is 0 Å². The van der Waals surface area contributed by atoms with Gasteiger partial charge < -0.3 is 5.32 Å². The summed E-state index contributed by atoms with van der Waals surface area (Å²) in [5, 5.41) is 3.03. The zero-order valence-electron chi connectivity index (χ0n) is 17.2. The standard InChI is InChI=1S/C21H34N2O3S/c1-16-13-17(2)21(18(3)14-16)23(27(4,25)26)12-8-11-20(24)22-15-19-9-6-5-7-10-19/h13-14,19H,5-12,15H2,1-4H3,(H,22,24). The van der Waals surface area contributed by atoms with Crippen LogP contribution >= 0.6 is 0 Å². The van der Waals surface area contributed by atoms with Gasteiger partial charge in [0.2, 0.25) is 15.9 Å². The molecule has 27 heavy (non-hydrogen) atoms. The summed E-state index contributed by atoms with van der Waals surface area (Å²) in [7, 11) is -3.40. The highest BCUT2D eigenvalue weighted by Gasteiger charge is 2.21. The van der Waals surface area contributed by atoms with Gasteiger partial charge in [-0.15, -0.1) is 0 Å². The van der Waals surface area contributed by atoms with Crippen LogP contribution in [0.5, 0.6) is 0 Å². The molecule has 1 N–H and O–H groups in total. The molecule has 1 saturated carbocycles. The number of sulfonamides is 1. The molecule has 0 spiro atoms. The molecule has 0 aromatic heterocycles. The predicted molar refractivity (Wildman–Crippen MR) is 112 cm³/mol. The molecule has 1 aliphatic rings. The van der Waals surface area contributed by atoms with E-state index in [0.29, 0.717) is 25.3 Å². The van der Waals surface area contributed by atoms with E-state index in [-0.39, 0.29) is 5.91 Å². The van der Waals surface area contributed by atoms with Gasteiger partial charge in [-0.1, -0.05) is 37.0 Å². The molecule has 0 heterocycles. The van der Waals surface area contributed by atoms with Crippen molar-refractivity contribution in [3.63, 3.8) is 0 Å². The lowest BCUT2D eigenvalue weighted by Crippen LogP contribution is -2.34. The molecule has 0 saturated heterocycles. The van der Waals surface area contributed by atoms with Gasteiger partial charge in [-0.2, -0.15) is 0 Å². The molecule has 2 rings (SSSR count). The summed E-state index contributed by atoms with van der Waals surface area (Å²) in [6, 6.07) is 3.99. The lowest BCUT2D eigenvalue weighted by molar-refractivity contribution is -0.121. The first kappa shape index (κ1) is 21.7. The number of amides is 1. The van der Waals surface area contributed by atoms with Crippen LogP contribution in [0.4, 0.5) is 5.69 Å². The van der Waals surface area contributed by atoms with Crippen LogP contribution in [0, 0.1) is 26.7 Å². The summed E-state index contributed by atoms with van der Waals surface area (Å²) in [4.78, 5) is 12.2. The molecule has 0 aliphatic heterocycles. The van der Waals surface area contributed by atoms with Crippen molar-refractivity contribution in [1.82, 2.24) is 5.32 Å². The molecule has 1 amide bonds. The molecule has 6 heteroatoms. The van der Waals surface area contributed by atoms with Gasteiger partial charge in [-0.25, -0.2) is 8.42 Å². The minimum absolute atomic E-state index is 0.0198. The van der Waals surface area contributed by atoms with Crippen LogP contribution in [-0.4, -0.2) is 33.7 Å². The number of hydrogen-bond donors (Lipinski definition) is 1. The minimum atomic E-state index is -3.40. The Morgan fingerprint density at radius 2 is 1.70 bits per heavy atom. The maximum absolute atomic E-state index is 12.4. The minimum Gasteiger partial charge on any atom is -0.356 e. The van der Waals surface area contributed by atoms with Crippen molar-refractivity contribution in [3.8, 4) is 0 Å². The molecule has 0 bridgehead atoms. The summed E-state index contributed by atoms with van der Waals surface area (Å²) < 4.78 is 26.2. The fourth-order valence-corrected chi connectivity index (χ4v) is 5.21. The smallest absolute Gasteiger partial charge is 0.232 e. The second-order valence-corrected chi connectivity index (χ2v) is 9.90. The number of carbonyl (C=O) groups is 1. The number of nitrogens with one attached hydrogen (secondary N) is 1. The highest BCUT2D eigenvalue weighted by molar-refractivity contribution is 7.92. The Bertz CT molecular complexity index is 730. The maximum atomic E-state index is 12.4. The van der Waals surface area contributed by atoms with E-state index in [9.17, 15) is 13.2 Å². The average molecular weight is 395 g/mol. The lowest BCUT2D eigenvalue weighted by atomic mass is 9.89. The fraction of sp³-hybridized carbons (Fsp3) is 0.667. The Morgan fingerprint density at radius 3 is 2.26 bits per heavy atom. The summed E-state index contributed by atoms with van der Waals surface area (Å²) >= 11 is 0. The van der Waals surface area contributed by atoms with E-state index in [1.807, 2.05) is 32.9 Å². The Labute approximate surface area is 164 Å². The Hall–Kier alpha value is -1.56. The second-order valence-electron chi connectivity index (χ2n) is 7.99. The van der Waals surface area contributed by atoms with Gasteiger partial charge in [-0.3, -0.25) is 9.10 Å². The largest absolute Gasteiger partial charge is 0.356 e. The molecular weight excluding hydrogens is 360 g/mol. The van der Waals surface area contributed by atoms with Crippen LogP contribution in [0.3, 0.4) is 0 Å².